The Morgan fingerprint density at radius 1 is 1.18 bits per heavy atom. The molecule has 0 saturated carbocycles. The molecule has 1 saturated heterocycles. The summed E-state index contributed by atoms with van der Waals surface area (Å²) in [6.45, 7) is 5.36. The largest absolute Gasteiger partial charge is 0.370 e. The lowest BCUT2D eigenvalue weighted by molar-refractivity contribution is 0.248. The van der Waals surface area contributed by atoms with Crippen LogP contribution >= 0.6 is 0 Å². The summed E-state index contributed by atoms with van der Waals surface area (Å²) in [4.78, 5) is 7.14. The monoisotopic (exact) mass is 295 g/mol. The second-order valence-corrected chi connectivity index (χ2v) is 6.02. The third-order valence-corrected chi connectivity index (χ3v) is 4.32. The molecule has 0 bridgehead atoms. The highest BCUT2D eigenvalue weighted by Gasteiger charge is 2.26. The zero-order valence-electron chi connectivity index (χ0n) is 13.3. The van der Waals surface area contributed by atoms with Gasteiger partial charge in [0.15, 0.2) is 0 Å². The number of aromatic nitrogens is 1. The summed E-state index contributed by atoms with van der Waals surface area (Å²) < 4.78 is 0. The molecule has 3 heteroatoms. The van der Waals surface area contributed by atoms with Gasteiger partial charge in [-0.1, -0.05) is 43.3 Å². The molecule has 1 fully saturated rings. The number of hydrogen-bond donors (Lipinski definition) is 1. The number of rotatable bonds is 6. The van der Waals surface area contributed by atoms with E-state index in [4.69, 9.17) is 0 Å². The van der Waals surface area contributed by atoms with Gasteiger partial charge in [-0.2, -0.15) is 0 Å². The molecule has 3 rings (SSSR count). The minimum absolute atomic E-state index is 0.507. The second-order valence-electron chi connectivity index (χ2n) is 6.02. The van der Waals surface area contributed by atoms with Gasteiger partial charge in [0.1, 0.15) is 5.82 Å². The van der Waals surface area contributed by atoms with E-state index in [9.17, 15) is 0 Å². The SMILES string of the molecule is CCCNc1ccc([C@H]2CCCN2Cc2ccccc2)cn1. The fourth-order valence-corrected chi connectivity index (χ4v) is 3.17. The van der Waals surface area contributed by atoms with Gasteiger partial charge in [-0.05, 0) is 43.0 Å². The van der Waals surface area contributed by atoms with Crippen molar-refractivity contribution < 1.29 is 0 Å². The van der Waals surface area contributed by atoms with Crippen LogP contribution in [0.3, 0.4) is 0 Å². The smallest absolute Gasteiger partial charge is 0.125 e. The molecule has 0 spiro atoms. The van der Waals surface area contributed by atoms with Gasteiger partial charge in [-0.3, -0.25) is 4.90 Å². The van der Waals surface area contributed by atoms with E-state index in [1.807, 2.05) is 6.20 Å². The van der Waals surface area contributed by atoms with Gasteiger partial charge >= 0.3 is 0 Å². The Morgan fingerprint density at radius 3 is 2.77 bits per heavy atom. The van der Waals surface area contributed by atoms with Gasteiger partial charge in [0.05, 0.1) is 0 Å². The molecule has 1 atom stereocenters. The summed E-state index contributed by atoms with van der Waals surface area (Å²) in [5, 5.41) is 3.34. The molecule has 0 amide bonds. The third kappa shape index (κ3) is 3.66. The molecule has 3 nitrogen and oxygen atoms in total. The van der Waals surface area contributed by atoms with Crippen molar-refractivity contribution in [2.75, 3.05) is 18.4 Å². The first-order chi connectivity index (χ1) is 10.9. The number of anilines is 1. The van der Waals surface area contributed by atoms with E-state index in [-0.39, 0.29) is 0 Å². The summed E-state index contributed by atoms with van der Waals surface area (Å²) in [6, 6.07) is 15.6. The predicted molar refractivity (Wildman–Crippen MR) is 91.8 cm³/mol. The summed E-state index contributed by atoms with van der Waals surface area (Å²) >= 11 is 0. The quantitative estimate of drug-likeness (QED) is 0.864. The molecular weight excluding hydrogens is 270 g/mol. The summed E-state index contributed by atoms with van der Waals surface area (Å²) in [6.07, 6.45) is 5.67. The van der Waals surface area contributed by atoms with Crippen molar-refractivity contribution in [3.05, 3.63) is 59.8 Å². The van der Waals surface area contributed by atoms with Gasteiger partial charge in [-0.25, -0.2) is 4.98 Å². The van der Waals surface area contributed by atoms with Crippen LogP contribution in [0.15, 0.2) is 48.7 Å². The zero-order valence-corrected chi connectivity index (χ0v) is 13.3. The van der Waals surface area contributed by atoms with Crippen LogP contribution in [0.25, 0.3) is 0 Å². The molecule has 1 aliphatic heterocycles. The van der Waals surface area contributed by atoms with Crippen LogP contribution < -0.4 is 5.32 Å². The maximum absolute atomic E-state index is 4.56. The Hall–Kier alpha value is -1.87. The average Bonchev–Trinajstić information content (AvgIpc) is 3.02. The van der Waals surface area contributed by atoms with Crippen LogP contribution in [0.2, 0.25) is 0 Å². The summed E-state index contributed by atoms with van der Waals surface area (Å²) in [5.74, 6) is 0.984. The van der Waals surface area contributed by atoms with Crippen molar-refractivity contribution in [2.24, 2.45) is 0 Å². The normalized spacial score (nSPS) is 18.5. The molecular formula is C19H25N3. The van der Waals surface area contributed by atoms with Crippen molar-refractivity contribution >= 4 is 5.82 Å². The van der Waals surface area contributed by atoms with E-state index in [0.717, 1.165) is 25.3 Å². The van der Waals surface area contributed by atoms with Gasteiger partial charge in [0, 0.05) is 25.3 Å². The molecule has 0 unspecified atom stereocenters. The first kappa shape index (κ1) is 15.0. The number of benzene rings is 1. The van der Waals surface area contributed by atoms with Crippen LogP contribution in [0, 0.1) is 0 Å². The van der Waals surface area contributed by atoms with E-state index in [0.29, 0.717) is 6.04 Å². The highest BCUT2D eigenvalue weighted by Crippen LogP contribution is 2.33. The number of pyridine rings is 1. The fraction of sp³-hybridized carbons (Fsp3) is 0.421. The van der Waals surface area contributed by atoms with E-state index in [1.54, 1.807) is 0 Å². The summed E-state index contributed by atoms with van der Waals surface area (Å²) in [7, 11) is 0. The van der Waals surface area contributed by atoms with E-state index >= 15 is 0 Å². The molecule has 2 aromatic rings. The number of hydrogen-bond acceptors (Lipinski definition) is 3. The Balaban J connectivity index is 1.67. The lowest BCUT2D eigenvalue weighted by Gasteiger charge is -2.24. The molecule has 1 aromatic carbocycles. The third-order valence-electron chi connectivity index (χ3n) is 4.32. The van der Waals surface area contributed by atoms with Crippen LogP contribution in [0.4, 0.5) is 5.82 Å². The minimum atomic E-state index is 0.507. The van der Waals surface area contributed by atoms with Gasteiger partial charge in [-0.15, -0.1) is 0 Å². The molecule has 116 valence electrons. The van der Waals surface area contributed by atoms with Gasteiger partial charge < -0.3 is 5.32 Å². The van der Waals surface area contributed by atoms with E-state index in [2.05, 4.69) is 64.6 Å². The standard InChI is InChI=1S/C19H25N3/c1-2-12-20-19-11-10-17(14-21-19)18-9-6-13-22(18)15-16-7-4-3-5-8-16/h3-5,7-8,10-11,14,18H,2,6,9,12-13,15H2,1H3,(H,20,21)/t18-/m1/s1. The van der Waals surface area contributed by atoms with Crippen molar-refractivity contribution in [1.29, 1.82) is 0 Å². The lowest BCUT2D eigenvalue weighted by Crippen LogP contribution is -2.22. The van der Waals surface area contributed by atoms with Crippen LogP contribution in [-0.2, 0) is 6.54 Å². The average molecular weight is 295 g/mol. The molecule has 1 aromatic heterocycles. The second kappa shape index (κ2) is 7.41. The first-order valence-corrected chi connectivity index (χ1v) is 8.34. The van der Waals surface area contributed by atoms with Crippen molar-refractivity contribution in [2.45, 2.75) is 38.8 Å². The van der Waals surface area contributed by atoms with Crippen LogP contribution in [0.5, 0.6) is 0 Å². The molecule has 2 heterocycles. The minimum Gasteiger partial charge on any atom is -0.370 e. The first-order valence-electron chi connectivity index (χ1n) is 8.34. The molecule has 22 heavy (non-hydrogen) atoms. The fourth-order valence-electron chi connectivity index (χ4n) is 3.17. The highest BCUT2D eigenvalue weighted by atomic mass is 15.2. The molecule has 1 aliphatic rings. The summed E-state index contributed by atoms with van der Waals surface area (Å²) in [5.41, 5.74) is 2.74. The maximum Gasteiger partial charge on any atom is 0.125 e. The topological polar surface area (TPSA) is 28.2 Å². The van der Waals surface area contributed by atoms with E-state index < -0.39 is 0 Å². The van der Waals surface area contributed by atoms with Crippen molar-refractivity contribution in [3.8, 4) is 0 Å². The Labute approximate surface area is 133 Å². The predicted octanol–water partition coefficient (Wildman–Crippen LogP) is 4.24. The van der Waals surface area contributed by atoms with Crippen molar-refractivity contribution in [1.82, 2.24) is 9.88 Å². The van der Waals surface area contributed by atoms with Crippen LogP contribution in [-0.4, -0.2) is 23.0 Å². The maximum atomic E-state index is 4.56. The van der Waals surface area contributed by atoms with Crippen molar-refractivity contribution in [3.63, 3.8) is 0 Å². The lowest BCUT2D eigenvalue weighted by atomic mass is 10.1. The van der Waals surface area contributed by atoms with E-state index in [1.165, 1.54) is 30.5 Å². The molecule has 1 N–H and O–H groups in total. The Kier molecular flexibility index (Phi) is 5.07. The van der Waals surface area contributed by atoms with Gasteiger partial charge in [0.25, 0.3) is 0 Å². The number of nitrogens with zero attached hydrogens (tertiary/aromatic N) is 2. The Morgan fingerprint density at radius 2 is 2.05 bits per heavy atom. The highest BCUT2D eigenvalue weighted by molar-refractivity contribution is 5.36. The van der Waals surface area contributed by atoms with Gasteiger partial charge in [0.2, 0.25) is 0 Å². The van der Waals surface area contributed by atoms with Crippen LogP contribution in [0.1, 0.15) is 43.4 Å². The number of likely N-dealkylation sites (tertiary alicyclic amines) is 1. The molecule has 0 radical (unpaired) electrons. The molecule has 0 aliphatic carbocycles. The number of nitrogens with one attached hydrogen (secondary N) is 1. The zero-order chi connectivity index (χ0) is 15.2. The Bertz CT molecular complexity index is 565.